The monoisotopic (exact) mass is 365 g/mol. The molecule has 1 heterocycles. The largest absolute Gasteiger partial charge is 0.496 e. The van der Waals surface area contributed by atoms with E-state index in [1.165, 1.54) is 11.3 Å². The van der Waals surface area contributed by atoms with Crippen LogP contribution in [-0.2, 0) is 0 Å². The molecule has 0 radical (unpaired) electrons. The number of benzene rings is 1. The molecule has 2 nitrogen and oxygen atoms in total. The molecule has 2 rings (SSSR count). The molecule has 0 aliphatic rings. The minimum absolute atomic E-state index is 0.286. The number of ether oxygens (including phenoxy) is 1. The van der Waals surface area contributed by atoms with Crippen LogP contribution in [0.25, 0.3) is 0 Å². The van der Waals surface area contributed by atoms with Gasteiger partial charge in [-0.25, -0.2) is 0 Å². The molecule has 2 aromatic rings. The molecule has 0 spiro atoms. The van der Waals surface area contributed by atoms with Gasteiger partial charge < -0.3 is 10.5 Å². The van der Waals surface area contributed by atoms with E-state index in [2.05, 4.69) is 15.9 Å². The van der Waals surface area contributed by atoms with Gasteiger partial charge in [-0.2, -0.15) is 0 Å². The third-order valence-corrected chi connectivity index (χ3v) is 5.29. The lowest BCUT2D eigenvalue weighted by molar-refractivity contribution is 0.408. The Morgan fingerprint density at radius 3 is 2.61 bits per heavy atom. The summed E-state index contributed by atoms with van der Waals surface area (Å²) in [5, 5.41) is 1.28. The van der Waals surface area contributed by atoms with E-state index in [-0.39, 0.29) is 6.04 Å². The summed E-state index contributed by atoms with van der Waals surface area (Å²) in [6.45, 7) is 0. The number of rotatable bonds is 3. The van der Waals surface area contributed by atoms with Gasteiger partial charge in [-0.05, 0) is 34.1 Å². The lowest BCUT2D eigenvalue weighted by Crippen LogP contribution is -2.11. The molecule has 6 heteroatoms. The van der Waals surface area contributed by atoms with E-state index in [1.54, 1.807) is 19.2 Å². The van der Waals surface area contributed by atoms with Crippen molar-refractivity contribution in [2.45, 2.75) is 6.04 Å². The number of hydrogen-bond acceptors (Lipinski definition) is 3. The Morgan fingerprint density at radius 1 is 1.33 bits per heavy atom. The summed E-state index contributed by atoms with van der Waals surface area (Å²) in [6, 6.07) is 6.98. The first kappa shape index (κ1) is 14.2. The lowest BCUT2D eigenvalue weighted by Gasteiger charge is -2.14. The molecule has 2 N–H and O–H groups in total. The smallest absolute Gasteiger partial charge is 0.125 e. The highest BCUT2D eigenvalue weighted by atomic mass is 79.9. The van der Waals surface area contributed by atoms with Crippen LogP contribution in [-0.4, -0.2) is 7.11 Å². The predicted molar refractivity (Wildman–Crippen MR) is 81.1 cm³/mol. The number of halogens is 3. The maximum Gasteiger partial charge on any atom is 0.125 e. The summed E-state index contributed by atoms with van der Waals surface area (Å²) in [7, 11) is 1.60. The van der Waals surface area contributed by atoms with Gasteiger partial charge in [0, 0.05) is 15.5 Å². The van der Waals surface area contributed by atoms with Crippen molar-refractivity contribution in [3.63, 3.8) is 0 Å². The van der Waals surface area contributed by atoms with E-state index < -0.39 is 0 Å². The molecular weight excluding hydrogens is 357 g/mol. The summed E-state index contributed by atoms with van der Waals surface area (Å²) < 4.78 is 6.18. The minimum Gasteiger partial charge on any atom is -0.496 e. The summed E-state index contributed by atoms with van der Waals surface area (Å²) in [5.74, 6) is 0.677. The fourth-order valence-electron chi connectivity index (χ4n) is 1.61. The standard InChI is InChI=1S/C12H10BrCl2NOS/c1-17-9-4-6(14)2-3-7(9)11(16)10-5-8(15)12(13)18-10/h2-5,11H,16H2,1H3. The van der Waals surface area contributed by atoms with Crippen LogP contribution < -0.4 is 10.5 Å². The molecule has 0 aliphatic carbocycles. The van der Waals surface area contributed by atoms with Gasteiger partial charge in [0.05, 0.1) is 22.0 Å². The van der Waals surface area contributed by atoms with Gasteiger partial charge in [0.25, 0.3) is 0 Å². The molecule has 0 saturated carbocycles. The molecule has 0 aliphatic heterocycles. The van der Waals surface area contributed by atoms with Gasteiger partial charge in [0.2, 0.25) is 0 Å². The number of hydrogen-bond donors (Lipinski definition) is 1. The summed E-state index contributed by atoms with van der Waals surface area (Å²) in [5.41, 5.74) is 7.11. The van der Waals surface area contributed by atoms with E-state index in [9.17, 15) is 0 Å². The van der Waals surface area contributed by atoms with Crippen LogP contribution in [0.2, 0.25) is 10.0 Å². The van der Waals surface area contributed by atoms with Gasteiger partial charge in [-0.15, -0.1) is 11.3 Å². The van der Waals surface area contributed by atoms with Crippen LogP contribution >= 0.6 is 50.5 Å². The molecule has 96 valence electrons. The van der Waals surface area contributed by atoms with Crippen molar-refractivity contribution >= 4 is 50.5 Å². The quantitative estimate of drug-likeness (QED) is 0.840. The van der Waals surface area contributed by atoms with Crippen molar-refractivity contribution < 1.29 is 4.74 Å². The van der Waals surface area contributed by atoms with Gasteiger partial charge in [-0.1, -0.05) is 29.3 Å². The Labute approximate surface area is 128 Å². The van der Waals surface area contributed by atoms with Crippen molar-refractivity contribution in [3.05, 3.63) is 48.5 Å². The van der Waals surface area contributed by atoms with Crippen molar-refractivity contribution in [2.75, 3.05) is 7.11 Å². The van der Waals surface area contributed by atoms with Crippen molar-refractivity contribution in [1.82, 2.24) is 0 Å². The maximum absolute atomic E-state index is 6.23. The first-order valence-electron chi connectivity index (χ1n) is 5.06. The first-order valence-corrected chi connectivity index (χ1v) is 7.43. The fourth-order valence-corrected chi connectivity index (χ4v) is 3.54. The van der Waals surface area contributed by atoms with Gasteiger partial charge in [0.1, 0.15) is 5.75 Å². The van der Waals surface area contributed by atoms with E-state index in [4.69, 9.17) is 33.7 Å². The molecule has 1 atom stereocenters. The number of nitrogens with two attached hydrogens (primary N) is 1. The van der Waals surface area contributed by atoms with Crippen molar-refractivity contribution in [3.8, 4) is 5.75 Å². The molecule has 1 aromatic carbocycles. The second kappa shape index (κ2) is 5.80. The van der Waals surface area contributed by atoms with E-state index in [1.807, 2.05) is 12.1 Å². The van der Waals surface area contributed by atoms with Crippen LogP contribution in [0.5, 0.6) is 5.75 Å². The van der Waals surface area contributed by atoms with E-state index >= 15 is 0 Å². The van der Waals surface area contributed by atoms with Crippen LogP contribution in [0.1, 0.15) is 16.5 Å². The zero-order chi connectivity index (χ0) is 13.3. The highest BCUT2D eigenvalue weighted by Gasteiger charge is 2.17. The van der Waals surface area contributed by atoms with Gasteiger partial charge in [-0.3, -0.25) is 0 Å². The van der Waals surface area contributed by atoms with Crippen molar-refractivity contribution in [1.29, 1.82) is 0 Å². The first-order chi connectivity index (χ1) is 8.52. The Kier molecular flexibility index (Phi) is 4.56. The molecule has 0 saturated heterocycles. The highest BCUT2D eigenvalue weighted by molar-refractivity contribution is 9.11. The molecule has 1 aromatic heterocycles. The molecule has 18 heavy (non-hydrogen) atoms. The van der Waals surface area contributed by atoms with Crippen LogP contribution in [0, 0.1) is 0 Å². The third-order valence-electron chi connectivity index (χ3n) is 2.50. The van der Waals surface area contributed by atoms with Crippen molar-refractivity contribution in [2.24, 2.45) is 5.73 Å². The topological polar surface area (TPSA) is 35.2 Å². The SMILES string of the molecule is COc1cc(Cl)ccc1C(N)c1cc(Cl)c(Br)s1. The number of methoxy groups -OCH3 is 1. The number of thiophene rings is 1. The molecule has 0 bridgehead atoms. The minimum atomic E-state index is -0.286. The summed E-state index contributed by atoms with van der Waals surface area (Å²) >= 11 is 16.8. The Morgan fingerprint density at radius 2 is 2.06 bits per heavy atom. The zero-order valence-corrected chi connectivity index (χ0v) is 13.3. The molecule has 1 unspecified atom stereocenters. The van der Waals surface area contributed by atoms with Crippen LogP contribution in [0.4, 0.5) is 0 Å². The zero-order valence-electron chi connectivity index (χ0n) is 9.41. The maximum atomic E-state index is 6.23. The second-order valence-corrected chi connectivity index (χ2v) is 6.88. The molecule has 0 amide bonds. The molecular formula is C12H10BrCl2NOS. The van der Waals surface area contributed by atoms with E-state index in [0.717, 1.165) is 14.2 Å². The second-order valence-electron chi connectivity index (χ2n) is 3.63. The third kappa shape index (κ3) is 2.83. The average Bonchev–Trinajstić information content (AvgIpc) is 2.68. The van der Waals surface area contributed by atoms with E-state index in [0.29, 0.717) is 15.8 Å². The Hall–Kier alpha value is -0.260. The fraction of sp³-hybridized carbons (Fsp3) is 0.167. The predicted octanol–water partition coefficient (Wildman–Crippen LogP) is 4.87. The lowest BCUT2D eigenvalue weighted by atomic mass is 10.1. The summed E-state index contributed by atoms with van der Waals surface area (Å²) in [4.78, 5) is 0.965. The normalized spacial score (nSPS) is 12.5. The van der Waals surface area contributed by atoms with Gasteiger partial charge in [0.15, 0.2) is 0 Å². The Bertz CT molecular complexity index is 554. The molecule has 0 fully saturated rings. The highest BCUT2D eigenvalue weighted by Crippen LogP contribution is 2.39. The van der Waals surface area contributed by atoms with Crippen LogP contribution in [0.15, 0.2) is 28.1 Å². The summed E-state index contributed by atoms with van der Waals surface area (Å²) in [6.07, 6.45) is 0. The van der Waals surface area contributed by atoms with Gasteiger partial charge >= 0.3 is 0 Å². The Balaban J connectivity index is 2.42. The average molecular weight is 367 g/mol. The van der Waals surface area contributed by atoms with Crippen LogP contribution in [0.3, 0.4) is 0 Å².